The third-order valence-electron chi connectivity index (χ3n) is 2.42. The van der Waals surface area contributed by atoms with Crippen molar-refractivity contribution in [1.82, 2.24) is 4.98 Å². The molecule has 0 atom stereocenters. The van der Waals surface area contributed by atoms with Crippen molar-refractivity contribution in [1.29, 1.82) is 0 Å². The number of aryl methyl sites for hydroxylation is 1. The minimum Gasteiger partial charge on any atom is -0.305 e. The smallest absolute Gasteiger partial charge is 0.257 e. The fourth-order valence-electron chi connectivity index (χ4n) is 1.53. The summed E-state index contributed by atoms with van der Waals surface area (Å²) in [5, 5.41) is 3.11. The van der Waals surface area contributed by atoms with Crippen molar-refractivity contribution in [2.75, 3.05) is 5.32 Å². The molecule has 1 aromatic carbocycles. The van der Waals surface area contributed by atoms with E-state index >= 15 is 0 Å². The molecule has 1 heterocycles. The quantitative estimate of drug-likeness (QED) is 0.905. The number of amides is 1. The highest BCUT2D eigenvalue weighted by molar-refractivity contribution is 9.10. The molecule has 0 bridgehead atoms. The topological polar surface area (TPSA) is 42.0 Å². The van der Waals surface area contributed by atoms with Gasteiger partial charge >= 0.3 is 0 Å². The molecule has 0 aliphatic heterocycles. The van der Waals surface area contributed by atoms with Crippen LogP contribution >= 0.6 is 27.5 Å². The van der Waals surface area contributed by atoms with Gasteiger partial charge in [0.15, 0.2) is 5.82 Å². The molecular weight excluding hydrogens is 316 g/mol. The molecule has 0 saturated carbocycles. The van der Waals surface area contributed by atoms with Gasteiger partial charge in [0.2, 0.25) is 0 Å². The van der Waals surface area contributed by atoms with Crippen molar-refractivity contribution in [2.45, 2.75) is 6.92 Å². The molecule has 0 unspecified atom stereocenters. The number of rotatable bonds is 2. The summed E-state index contributed by atoms with van der Waals surface area (Å²) in [7, 11) is 0. The zero-order chi connectivity index (χ0) is 13.1. The molecule has 1 aromatic heterocycles. The number of nitrogens with zero attached hydrogens (tertiary/aromatic N) is 1. The molecule has 92 valence electrons. The van der Waals surface area contributed by atoms with E-state index in [4.69, 9.17) is 11.6 Å². The highest BCUT2D eigenvalue weighted by Crippen LogP contribution is 2.20. The van der Waals surface area contributed by atoms with Gasteiger partial charge in [-0.1, -0.05) is 27.5 Å². The molecule has 5 heteroatoms. The molecule has 18 heavy (non-hydrogen) atoms. The van der Waals surface area contributed by atoms with Crippen LogP contribution in [0.2, 0.25) is 5.02 Å². The molecule has 0 fully saturated rings. The van der Waals surface area contributed by atoms with Crippen molar-refractivity contribution in [3.63, 3.8) is 0 Å². The van der Waals surface area contributed by atoms with E-state index in [9.17, 15) is 4.79 Å². The van der Waals surface area contributed by atoms with E-state index in [1.54, 1.807) is 24.4 Å². The van der Waals surface area contributed by atoms with Crippen LogP contribution in [0.25, 0.3) is 0 Å². The van der Waals surface area contributed by atoms with Crippen LogP contribution in [-0.4, -0.2) is 10.9 Å². The SMILES string of the molecule is Cc1cc(Br)ccc1C(=O)Nc1ncccc1Cl. The number of halogens is 2. The molecule has 2 aromatic rings. The Kier molecular flexibility index (Phi) is 3.99. The molecule has 0 aliphatic rings. The van der Waals surface area contributed by atoms with Gasteiger partial charge in [0, 0.05) is 16.2 Å². The van der Waals surface area contributed by atoms with E-state index in [0.717, 1.165) is 10.0 Å². The number of hydrogen-bond donors (Lipinski definition) is 1. The molecule has 1 N–H and O–H groups in total. The lowest BCUT2D eigenvalue weighted by Gasteiger charge is -2.08. The molecule has 1 amide bonds. The first-order chi connectivity index (χ1) is 8.58. The van der Waals surface area contributed by atoms with Crippen molar-refractivity contribution >= 4 is 39.3 Å². The first-order valence-corrected chi connectivity index (χ1v) is 6.43. The van der Waals surface area contributed by atoms with E-state index in [0.29, 0.717) is 16.4 Å². The molecule has 0 saturated heterocycles. The lowest BCUT2D eigenvalue weighted by Crippen LogP contribution is -2.14. The summed E-state index contributed by atoms with van der Waals surface area (Å²) >= 11 is 9.29. The largest absolute Gasteiger partial charge is 0.305 e. The van der Waals surface area contributed by atoms with Gasteiger partial charge in [0.25, 0.3) is 5.91 Å². The zero-order valence-corrected chi connectivity index (χ0v) is 11.9. The Bertz CT molecular complexity index is 601. The van der Waals surface area contributed by atoms with Gasteiger partial charge in [0.1, 0.15) is 0 Å². The second-order valence-corrected chi connectivity index (χ2v) is 5.07. The summed E-state index contributed by atoms with van der Waals surface area (Å²) in [6.45, 7) is 1.87. The van der Waals surface area contributed by atoms with Crippen LogP contribution in [-0.2, 0) is 0 Å². The van der Waals surface area contributed by atoms with Crippen molar-refractivity contribution in [3.05, 3.63) is 57.2 Å². The molecule has 3 nitrogen and oxygen atoms in total. The van der Waals surface area contributed by atoms with Crippen LogP contribution in [0.1, 0.15) is 15.9 Å². The number of benzene rings is 1. The number of nitrogens with one attached hydrogen (secondary N) is 1. The summed E-state index contributed by atoms with van der Waals surface area (Å²) in [6, 6.07) is 8.85. The molecule has 2 rings (SSSR count). The van der Waals surface area contributed by atoms with Crippen molar-refractivity contribution in [3.8, 4) is 0 Å². The average Bonchev–Trinajstić information content (AvgIpc) is 2.32. The maximum absolute atomic E-state index is 12.1. The second kappa shape index (κ2) is 5.50. The van der Waals surface area contributed by atoms with Crippen LogP contribution in [0.15, 0.2) is 41.0 Å². The minimum atomic E-state index is -0.222. The van der Waals surface area contributed by atoms with E-state index < -0.39 is 0 Å². The highest BCUT2D eigenvalue weighted by atomic mass is 79.9. The van der Waals surface area contributed by atoms with Gasteiger partial charge in [-0.25, -0.2) is 4.98 Å². The van der Waals surface area contributed by atoms with E-state index in [-0.39, 0.29) is 5.91 Å². The summed E-state index contributed by atoms with van der Waals surface area (Å²) < 4.78 is 0.937. The Labute approximate surface area is 118 Å². The monoisotopic (exact) mass is 324 g/mol. The summed E-state index contributed by atoms with van der Waals surface area (Å²) in [6.07, 6.45) is 1.58. The molecule has 0 aliphatic carbocycles. The highest BCUT2D eigenvalue weighted by Gasteiger charge is 2.11. The third-order valence-corrected chi connectivity index (χ3v) is 3.22. The number of anilines is 1. The fourth-order valence-corrected chi connectivity index (χ4v) is 2.18. The van der Waals surface area contributed by atoms with Crippen LogP contribution in [0, 0.1) is 6.92 Å². The normalized spacial score (nSPS) is 10.2. The van der Waals surface area contributed by atoms with Crippen LogP contribution in [0.3, 0.4) is 0 Å². The van der Waals surface area contributed by atoms with Gasteiger partial charge < -0.3 is 5.32 Å². The fraction of sp³-hybridized carbons (Fsp3) is 0.0769. The van der Waals surface area contributed by atoms with Crippen LogP contribution in [0.4, 0.5) is 5.82 Å². The second-order valence-electron chi connectivity index (χ2n) is 3.75. The zero-order valence-electron chi connectivity index (χ0n) is 9.58. The predicted molar refractivity (Wildman–Crippen MR) is 76.1 cm³/mol. The van der Waals surface area contributed by atoms with Gasteiger partial charge in [-0.05, 0) is 42.8 Å². The van der Waals surface area contributed by atoms with E-state index in [2.05, 4.69) is 26.2 Å². The number of carbonyl (C=O) groups excluding carboxylic acids is 1. The van der Waals surface area contributed by atoms with E-state index in [1.807, 2.05) is 19.1 Å². The van der Waals surface area contributed by atoms with Crippen LogP contribution < -0.4 is 5.32 Å². The molecule has 0 radical (unpaired) electrons. The number of pyridine rings is 1. The Morgan fingerprint density at radius 2 is 2.17 bits per heavy atom. The Hall–Kier alpha value is -1.39. The van der Waals surface area contributed by atoms with Crippen molar-refractivity contribution in [2.24, 2.45) is 0 Å². The average molecular weight is 326 g/mol. The summed E-state index contributed by atoms with van der Waals surface area (Å²) in [5.41, 5.74) is 1.48. The number of aromatic nitrogens is 1. The third kappa shape index (κ3) is 2.89. The van der Waals surface area contributed by atoms with Gasteiger partial charge in [-0.3, -0.25) is 4.79 Å². The molecule has 0 spiro atoms. The van der Waals surface area contributed by atoms with Gasteiger partial charge in [-0.2, -0.15) is 0 Å². The molecular formula is C13H10BrClN2O. The van der Waals surface area contributed by atoms with Gasteiger partial charge in [-0.15, -0.1) is 0 Å². The standard InChI is InChI=1S/C13H10BrClN2O/c1-8-7-9(14)4-5-10(8)13(18)17-12-11(15)3-2-6-16-12/h2-7H,1H3,(H,16,17,18). The lowest BCUT2D eigenvalue weighted by molar-refractivity contribution is 0.102. The maximum Gasteiger partial charge on any atom is 0.257 e. The maximum atomic E-state index is 12.1. The lowest BCUT2D eigenvalue weighted by atomic mass is 10.1. The number of hydrogen-bond acceptors (Lipinski definition) is 2. The van der Waals surface area contributed by atoms with Crippen molar-refractivity contribution < 1.29 is 4.79 Å². The van der Waals surface area contributed by atoms with Gasteiger partial charge in [0.05, 0.1) is 5.02 Å². The first kappa shape index (κ1) is 13.1. The summed E-state index contributed by atoms with van der Waals surface area (Å²) in [5.74, 6) is 0.145. The Morgan fingerprint density at radius 3 is 2.83 bits per heavy atom. The van der Waals surface area contributed by atoms with E-state index in [1.165, 1.54) is 0 Å². The predicted octanol–water partition coefficient (Wildman–Crippen LogP) is 4.06. The summed E-state index contributed by atoms with van der Waals surface area (Å²) in [4.78, 5) is 16.1. The number of carbonyl (C=O) groups is 1. The Balaban J connectivity index is 2.25. The first-order valence-electron chi connectivity index (χ1n) is 5.26. The Morgan fingerprint density at radius 1 is 1.39 bits per heavy atom. The van der Waals surface area contributed by atoms with Crippen LogP contribution in [0.5, 0.6) is 0 Å². The minimum absolute atomic E-state index is 0.222.